The first-order chi connectivity index (χ1) is 9.56. The number of methoxy groups -OCH3 is 1. The van der Waals surface area contributed by atoms with E-state index in [0.717, 1.165) is 30.0 Å². The third-order valence-electron chi connectivity index (χ3n) is 2.85. The van der Waals surface area contributed by atoms with Gasteiger partial charge in [0.05, 0.1) is 13.7 Å². The number of ether oxygens (including phenoxy) is 2. The fourth-order valence-electron chi connectivity index (χ4n) is 1.81. The van der Waals surface area contributed by atoms with Crippen LogP contribution in [0.2, 0.25) is 0 Å². The highest BCUT2D eigenvalue weighted by atomic mass is 16.5. The minimum Gasteiger partial charge on any atom is -0.493 e. The van der Waals surface area contributed by atoms with E-state index in [2.05, 4.69) is 45.2 Å². The molecule has 1 aromatic rings. The lowest BCUT2D eigenvalue weighted by atomic mass is 10.1. The molecule has 20 heavy (non-hydrogen) atoms. The molecule has 0 amide bonds. The number of rotatable bonds is 8. The van der Waals surface area contributed by atoms with Gasteiger partial charge in [0.15, 0.2) is 11.5 Å². The average Bonchev–Trinajstić information content (AvgIpc) is 2.43. The summed E-state index contributed by atoms with van der Waals surface area (Å²) in [4.78, 5) is 0. The van der Waals surface area contributed by atoms with Gasteiger partial charge in [-0.2, -0.15) is 0 Å². The van der Waals surface area contributed by atoms with Crippen LogP contribution in [0.3, 0.4) is 0 Å². The van der Waals surface area contributed by atoms with Gasteiger partial charge < -0.3 is 14.8 Å². The summed E-state index contributed by atoms with van der Waals surface area (Å²) < 4.78 is 11.1. The lowest BCUT2D eigenvalue weighted by Crippen LogP contribution is -2.24. The Hall–Kier alpha value is -1.48. The SMILES string of the molecule is CCCOc1cc(C=C(C)CNC(C)C)ccc1OC. The van der Waals surface area contributed by atoms with E-state index in [1.54, 1.807) is 7.11 Å². The molecule has 0 aliphatic carbocycles. The topological polar surface area (TPSA) is 30.5 Å². The minimum atomic E-state index is 0.498. The van der Waals surface area contributed by atoms with Crippen LogP contribution in [-0.2, 0) is 0 Å². The Balaban J connectivity index is 2.82. The van der Waals surface area contributed by atoms with Crippen LogP contribution in [-0.4, -0.2) is 26.3 Å². The zero-order valence-electron chi connectivity index (χ0n) is 13.3. The zero-order valence-corrected chi connectivity index (χ0v) is 13.3. The van der Waals surface area contributed by atoms with Gasteiger partial charge in [0.25, 0.3) is 0 Å². The van der Waals surface area contributed by atoms with Crippen molar-refractivity contribution in [1.82, 2.24) is 5.32 Å². The van der Waals surface area contributed by atoms with Crippen LogP contribution in [0, 0.1) is 0 Å². The lowest BCUT2D eigenvalue weighted by Gasteiger charge is -2.11. The molecule has 0 unspecified atom stereocenters. The molecule has 0 saturated carbocycles. The van der Waals surface area contributed by atoms with E-state index in [-0.39, 0.29) is 0 Å². The molecule has 0 aliphatic heterocycles. The highest BCUT2D eigenvalue weighted by Crippen LogP contribution is 2.29. The smallest absolute Gasteiger partial charge is 0.161 e. The van der Waals surface area contributed by atoms with Crippen molar-refractivity contribution >= 4 is 6.08 Å². The molecule has 3 heteroatoms. The molecule has 0 atom stereocenters. The van der Waals surface area contributed by atoms with Crippen LogP contribution in [0.15, 0.2) is 23.8 Å². The molecular weight excluding hydrogens is 250 g/mol. The van der Waals surface area contributed by atoms with Gasteiger partial charge in [-0.3, -0.25) is 0 Å². The van der Waals surface area contributed by atoms with E-state index in [1.165, 1.54) is 5.57 Å². The molecule has 0 heterocycles. The highest BCUT2D eigenvalue weighted by molar-refractivity contribution is 5.58. The quantitative estimate of drug-likeness (QED) is 0.782. The van der Waals surface area contributed by atoms with Gasteiger partial charge in [-0.15, -0.1) is 0 Å². The molecule has 3 nitrogen and oxygen atoms in total. The first kappa shape index (κ1) is 16.6. The standard InChI is InChI=1S/C17H27NO2/c1-6-9-20-17-11-15(7-8-16(17)19-5)10-14(4)12-18-13(2)3/h7-8,10-11,13,18H,6,9,12H2,1-5H3. The monoisotopic (exact) mass is 277 g/mol. The number of hydrogen-bond acceptors (Lipinski definition) is 3. The lowest BCUT2D eigenvalue weighted by molar-refractivity contribution is 0.294. The van der Waals surface area contributed by atoms with Crippen LogP contribution in [0.25, 0.3) is 6.08 Å². The van der Waals surface area contributed by atoms with Crippen molar-refractivity contribution in [3.05, 3.63) is 29.3 Å². The third-order valence-corrected chi connectivity index (χ3v) is 2.85. The maximum absolute atomic E-state index is 5.73. The minimum absolute atomic E-state index is 0.498. The Morgan fingerprint density at radius 3 is 2.65 bits per heavy atom. The van der Waals surface area contributed by atoms with Gasteiger partial charge in [-0.25, -0.2) is 0 Å². The summed E-state index contributed by atoms with van der Waals surface area (Å²) in [6.07, 6.45) is 3.16. The van der Waals surface area contributed by atoms with E-state index < -0.39 is 0 Å². The van der Waals surface area contributed by atoms with E-state index >= 15 is 0 Å². The largest absolute Gasteiger partial charge is 0.493 e. The van der Waals surface area contributed by atoms with Crippen molar-refractivity contribution in [3.63, 3.8) is 0 Å². The second kappa shape index (κ2) is 8.64. The fourth-order valence-corrected chi connectivity index (χ4v) is 1.81. The van der Waals surface area contributed by atoms with Crippen molar-refractivity contribution in [2.24, 2.45) is 0 Å². The molecule has 0 radical (unpaired) electrons. The molecule has 0 fully saturated rings. The molecular formula is C17H27NO2. The first-order valence-corrected chi connectivity index (χ1v) is 7.28. The summed E-state index contributed by atoms with van der Waals surface area (Å²) in [6.45, 7) is 10.1. The summed E-state index contributed by atoms with van der Waals surface area (Å²) in [5, 5.41) is 3.41. The Kier molecular flexibility index (Phi) is 7.16. The van der Waals surface area contributed by atoms with E-state index in [4.69, 9.17) is 9.47 Å². The molecule has 0 spiro atoms. The van der Waals surface area contributed by atoms with Crippen molar-refractivity contribution < 1.29 is 9.47 Å². The van der Waals surface area contributed by atoms with Gasteiger partial charge >= 0.3 is 0 Å². The Morgan fingerprint density at radius 1 is 1.30 bits per heavy atom. The Labute approximate surface area is 123 Å². The molecule has 1 aromatic carbocycles. The molecule has 0 saturated heterocycles. The molecule has 112 valence electrons. The maximum atomic E-state index is 5.73. The van der Waals surface area contributed by atoms with Crippen LogP contribution in [0.5, 0.6) is 11.5 Å². The van der Waals surface area contributed by atoms with Crippen molar-refractivity contribution in [2.75, 3.05) is 20.3 Å². The summed E-state index contributed by atoms with van der Waals surface area (Å²) >= 11 is 0. The summed E-state index contributed by atoms with van der Waals surface area (Å²) in [5.41, 5.74) is 2.44. The van der Waals surface area contributed by atoms with Gasteiger partial charge in [0, 0.05) is 12.6 Å². The van der Waals surface area contributed by atoms with Crippen LogP contribution < -0.4 is 14.8 Å². The zero-order chi connectivity index (χ0) is 15.0. The summed E-state index contributed by atoms with van der Waals surface area (Å²) in [5.74, 6) is 1.60. The molecule has 1 N–H and O–H groups in total. The summed E-state index contributed by atoms with van der Waals surface area (Å²) in [7, 11) is 1.67. The number of nitrogens with one attached hydrogen (secondary N) is 1. The van der Waals surface area contributed by atoms with Gasteiger partial charge in [-0.05, 0) is 31.0 Å². The number of benzene rings is 1. The predicted octanol–water partition coefficient (Wildman–Crippen LogP) is 3.89. The van der Waals surface area contributed by atoms with Crippen LogP contribution in [0.1, 0.15) is 39.7 Å². The average molecular weight is 277 g/mol. The Bertz CT molecular complexity index is 439. The third kappa shape index (κ3) is 5.66. The molecule has 0 bridgehead atoms. The number of hydrogen-bond donors (Lipinski definition) is 1. The predicted molar refractivity (Wildman–Crippen MR) is 85.6 cm³/mol. The first-order valence-electron chi connectivity index (χ1n) is 7.28. The van der Waals surface area contributed by atoms with E-state index in [0.29, 0.717) is 12.6 Å². The van der Waals surface area contributed by atoms with Crippen molar-refractivity contribution in [1.29, 1.82) is 0 Å². The molecule has 0 aromatic heterocycles. The van der Waals surface area contributed by atoms with Gasteiger partial charge in [-0.1, -0.05) is 38.5 Å². The van der Waals surface area contributed by atoms with Crippen molar-refractivity contribution in [2.45, 2.75) is 40.2 Å². The van der Waals surface area contributed by atoms with Gasteiger partial charge in [0.2, 0.25) is 0 Å². The van der Waals surface area contributed by atoms with E-state index in [1.807, 2.05) is 12.1 Å². The van der Waals surface area contributed by atoms with Gasteiger partial charge in [0.1, 0.15) is 0 Å². The van der Waals surface area contributed by atoms with E-state index in [9.17, 15) is 0 Å². The van der Waals surface area contributed by atoms with Crippen LogP contribution in [0.4, 0.5) is 0 Å². The molecule has 0 aliphatic rings. The highest BCUT2D eigenvalue weighted by Gasteiger charge is 2.05. The normalized spacial score (nSPS) is 11.8. The second-order valence-corrected chi connectivity index (χ2v) is 5.29. The van der Waals surface area contributed by atoms with Crippen LogP contribution >= 0.6 is 0 Å². The Morgan fingerprint density at radius 2 is 2.05 bits per heavy atom. The summed E-state index contributed by atoms with van der Waals surface area (Å²) in [6, 6.07) is 6.54. The fraction of sp³-hybridized carbons (Fsp3) is 0.529. The van der Waals surface area contributed by atoms with Crippen molar-refractivity contribution in [3.8, 4) is 11.5 Å². The second-order valence-electron chi connectivity index (χ2n) is 5.29. The maximum Gasteiger partial charge on any atom is 0.161 e. The molecule has 1 rings (SSSR count).